The van der Waals surface area contributed by atoms with Crippen LogP contribution in [0.15, 0.2) is 18.2 Å². The number of rotatable bonds is 5. The number of hydrogen-bond donors (Lipinski definition) is 2. The number of amides is 1. The molecule has 2 atom stereocenters. The fourth-order valence-corrected chi connectivity index (χ4v) is 3.52. The zero-order valence-corrected chi connectivity index (χ0v) is 14.0. The third-order valence-corrected chi connectivity index (χ3v) is 4.66. The van der Waals surface area contributed by atoms with Crippen molar-refractivity contribution in [1.29, 1.82) is 0 Å². The van der Waals surface area contributed by atoms with Gasteiger partial charge in [0.15, 0.2) is 17.4 Å². The van der Waals surface area contributed by atoms with Gasteiger partial charge in [0, 0.05) is 36.5 Å². The summed E-state index contributed by atoms with van der Waals surface area (Å²) in [5.74, 6) is -2.55. The second kappa shape index (κ2) is 8.03. The van der Waals surface area contributed by atoms with Crippen LogP contribution in [0.4, 0.5) is 8.78 Å². The summed E-state index contributed by atoms with van der Waals surface area (Å²) < 4.78 is 26.0. The monoisotopic (exact) mass is 358 g/mol. The quantitative estimate of drug-likeness (QED) is 0.796. The van der Waals surface area contributed by atoms with Crippen LogP contribution in [0.5, 0.6) is 0 Å². The van der Waals surface area contributed by atoms with Crippen LogP contribution in [0.1, 0.15) is 48.9 Å². The highest BCUT2D eigenvalue weighted by atomic mass is 35.5. The molecule has 7 heteroatoms. The fraction of sp³-hybridized carbons (Fsp3) is 0.529. The molecule has 2 aliphatic heterocycles. The maximum atomic E-state index is 13.1. The summed E-state index contributed by atoms with van der Waals surface area (Å²) >= 11 is 0. The fourth-order valence-electron chi connectivity index (χ4n) is 3.52. The Morgan fingerprint density at radius 1 is 1.08 bits per heavy atom. The van der Waals surface area contributed by atoms with Gasteiger partial charge in [0.25, 0.3) is 0 Å². The summed E-state index contributed by atoms with van der Waals surface area (Å²) in [5.41, 5.74) is 0.0941. The van der Waals surface area contributed by atoms with Crippen molar-refractivity contribution < 1.29 is 18.4 Å². The van der Waals surface area contributed by atoms with E-state index in [2.05, 4.69) is 10.6 Å². The Kier molecular flexibility index (Phi) is 6.29. The van der Waals surface area contributed by atoms with Gasteiger partial charge in [0.1, 0.15) is 0 Å². The molecule has 132 valence electrons. The largest absolute Gasteiger partial charge is 0.353 e. The average molecular weight is 359 g/mol. The maximum Gasteiger partial charge on any atom is 0.220 e. The van der Waals surface area contributed by atoms with Gasteiger partial charge in [0.05, 0.1) is 0 Å². The molecule has 1 aromatic carbocycles. The third-order valence-electron chi connectivity index (χ3n) is 4.66. The lowest BCUT2D eigenvalue weighted by atomic mass is 9.99. The van der Waals surface area contributed by atoms with Gasteiger partial charge in [-0.2, -0.15) is 0 Å². The minimum absolute atomic E-state index is 0. The van der Waals surface area contributed by atoms with Crippen LogP contribution in [0.25, 0.3) is 0 Å². The second-order valence-electron chi connectivity index (χ2n) is 6.43. The van der Waals surface area contributed by atoms with Gasteiger partial charge in [-0.05, 0) is 43.9 Å². The summed E-state index contributed by atoms with van der Waals surface area (Å²) in [5, 5.41) is 6.49. The first-order valence-corrected chi connectivity index (χ1v) is 8.05. The van der Waals surface area contributed by atoms with Crippen LogP contribution in [0.2, 0.25) is 0 Å². The molecule has 4 nitrogen and oxygen atoms in total. The lowest BCUT2D eigenvalue weighted by Crippen LogP contribution is -2.48. The number of nitrogens with one attached hydrogen (secondary N) is 2. The SMILES string of the molecule is Cl.O=C(CCC(=O)c1ccc(F)c(F)c1)NC1CC2CCC(C1)N2. The molecule has 2 saturated heterocycles. The van der Waals surface area contributed by atoms with E-state index >= 15 is 0 Å². The Labute approximate surface area is 145 Å². The highest BCUT2D eigenvalue weighted by molar-refractivity contribution is 5.97. The first-order valence-electron chi connectivity index (χ1n) is 8.05. The van der Waals surface area contributed by atoms with Gasteiger partial charge in [-0.15, -0.1) is 12.4 Å². The van der Waals surface area contributed by atoms with Gasteiger partial charge in [-0.3, -0.25) is 9.59 Å². The average Bonchev–Trinajstić information content (AvgIpc) is 2.86. The van der Waals surface area contributed by atoms with Crippen LogP contribution < -0.4 is 10.6 Å². The number of halogens is 3. The van der Waals surface area contributed by atoms with E-state index in [1.54, 1.807) is 0 Å². The number of carbonyl (C=O) groups is 2. The van der Waals surface area contributed by atoms with Crippen LogP contribution in [0, 0.1) is 11.6 Å². The van der Waals surface area contributed by atoms with E-state index < -0.39 is 11.6 Å². The molecule has 0 aliphatic carbocycles. The van der Waals surface area contributed by atoms with Crippen molar-refractivity contribution in [2.75, 3.05) is 0 Å². The zero-order chi connectivity index (χ0) is 16.4. The molecule has 2 N–H and O–H groups in total. The molecule has 1 aromatic rings. The molecule has 2 bridgehead atoms. The smallest absolute Gasteiger partial charge is 0.220 e. The molecule has 0 spiro atoms. The maximum absolute atomic E-state index is 13.1. The summed E-state index contributed by atoms with van der Waals surface area (Å²) in [4.78, 5) is 23.9. The highest BCUT2D eigenvalue weighted by Crippen LogP contribution is 2.26. The Hall–Kier alpha value is -1.53. The number of hydrogen-bond acceptors (Lipinski definition) is 3. The number of benzene rings is 1. The molecular formula is C17H21ClF2N2O2. The number of carbonyl (C=O) groups excluding carboxylic acids is 2. The number of fused-ring (bicyclic) bond motifs is 2. The number of Topliss-reactive ketones (excluding diaryl/α,β-unsaturated/α-hetero) is 1. The Morgan fingerprint density at radius 2 is 1.75 bits per heavy atom. The molecule has 0 saturated carbocycles. The molecule has 0 radical (unpaired) electrons. The van der Waals surface area contributed by atoms with Crippen molar-refractivity contribution in [2.45, 2.75) is 56.7 Å². The predicted molar refractivity (Wildman–Crippen MR) is 88.3 cm³/mol. The minimum atomic E-state index is -1.05. The van der Waals surface area contributed by atoms with Crippen molar-refractivity contribution in [3.05, 3.63) is 35.4 Å². The topological polar surface area (TPSA) is 58.2 Å². The lowest BCUT2D eigenvalue weighted by molar-refractivity contribution is -0.122. The molecule has 2 unspecified atom stereocenters. The van der Waals surface area contributed by atoms with E-state index in [9.17, 15) is 18.4 Å². The summed E-state index contributed by atoms with van der Waals surface area (Å²) in [6.07, 6.45) is 4.24. The highest BCUT2D eigenvalue weighted by Gasteiger charge is 2.33. The Bertz CT molecular complexity index is 615. The molecule has 24 heavy (non-hydrogen) atoms. The zero-order valence-electron chi connectivity index (χ0n) is 13.2. The summed E-state index contributed by atoms with van der Waals surface area (Å²) in [6.45, 7) is 0. The molecular weight excluding hydrogens is 338 g/mol. The van der Waals surface area contributed by atoms with Crippen molar-refractivity contribution in [2.24, 2.45) is 0 Å². The molecule has 1 amide bonds. The first kappa shape index (κ1) is 18.8. The van der Waals surface area contributed by atoms with Gasteiger partial charge in [0.2, 0.25) is 5.91 Å². The second-order valence-corrected chi connectivity index (χ2v) is 6.43. The van der Waals surface area contributed by atoms with Crippen LogP contribution >= 0.6 is 12.4 Å². The van der Waals surface area contributed by atoms with E-state index in [0.717, 1.165) is 37.8 Å². The van der Waals surface area contributed by atoms with Gasteiger partial charge >= 0.3 is 0 Å². The van der Waals surface area contributed by atoms with Gasteiger partial charge < -0.3 is 10.6 Å². The van der Waals surface area contributed by atoms with E-state index in [1.807, 2.05) is 0 Å². The predicted octanol–water partition coefficient (Wildman–Crippen LogP) is 2.75. The molecule has 2 fully saturated rings. The van der Waals surface area contributed by atoms with Gasteiger partial charge in [-0.1, -0.05) is 0 Å². The first-order chi connectivity index (χ1) is 11.0. The molecule has 2 aliphatic rings. The molecule has 0 aromatic heterocycles. The minimum Gasteiger partial charge on any atom is -0.353 e. The number of ketones is 1. The molecule has 2 heterocycles. The van der Waals surface area contributed by atoms with Crippen molar-refractivity contribution in [3.8, 4) is 0 Å². The van der Waals surface area contributed by atoms with Crippen LogP contribution in [0.3, 0.4) is 0 Å². The number of piperidine rings is 1. The van der Waals surface area contributed by atoms with Crippen molar-refractivity contribution >= 4 is 24.1 Å². The lowest BCUT2D eigenvalue weighted by Gasteiger charge is -2.29. The Balaban J connectivity index is 0.00000208. The van der Waals surface area contributed by atoms with E-state index in [1.165, 1.54) is 6.07 Å². The normalized spacial score (nSPS) is 25.0. The van der Waals surface area contributed by atoms with Crippen molar-refractivity contribution in [1.82, 2.24) is 10.6 Å². The van der Waals surface area contributed by atoms with Crippen molar-refractivity contribution in [3.63, 3.8) is 0 Å². The molecule has 3 rings (SSSR count). The standard InChI is InChI=1S/C17H20F2N2O2.ClH/c18-14-4-1-10(7-15(14)19)16(22)5-6-17(23)21-13-8-11-2-3-12(9-13)20-11;/h1,4,7,11-13,20H,2-3,5-6,8-9H2,(H,21,23);1H. The van der Waals surface area contributed by atoms with Gasteiger partial charge in [-0.25, -0.2) is 8.78 Å². The van der Waals surface area contributed by atoms with Crippen LogP contribution in [-0.4, -0.2) is 29.8 Å². The van der Waals surface area contributed by atoms with E-state index in [0.29, 0.717) is 12.1 Å². The Morgan fingerprint density at radius 3 is 2.38 bits per heavy atom. The van der Waals surface area contributed by atoms with E-state index in [-0.39, 0.29) is 48.5 Å². The third kappa shape index (κ3) is 4.51. The summed E-state index contributed by atoms with van der Waals surface area (Å²) in [7, 11) is 0. The summed E-state index contributed by atoms with van der Waals surface area (Å²) in [6, 6.07) is 4.18. The van der Waals surface area contributed by atoms with E-state index in [4.69, 9.17) is 0 Å². The van der Waals surface area contributed by atoms with Crippen LogP contribution in [-0.2, 0) is 4.79 Å².